The van der Waals surface area contributed by atoms with Crippen molar-refractivity contribution >= 4 is 21.6 Å². The molecule has 1 fully saturated rings. The Kier molecular flexibility index (Phi) is 3.82. The molecule has 0 saturated carbocycles. The van der Waals surface area contributed by atoms with Gasteiger partial charge in [0.2, 0.25) is 0 Å². The SMILES string of the molecule is O=S(=O)(Nc1ccc2c(c1)CCCN2)N1CCOCC1. The molecule has 0 aliphatic carbocycles. The average molecular weight is 297 g/mol. The second-order valence-electron chi connectivity index (χ2n) is 5.02. The van der Waals surface area contributed by atoms with Crippen LogP contribution >= 0.6 is 0 Å². The van der Waals surface area contributed by atoms with E-state index in [9.17, 15) is 8.42 Å². The van der Waals surface area contributed by atoms with Crippen molar-refractivity contribution in [1.82, 2.24) is 4.31 Å². The monoisotopic (exact) mass is 297 g/mol. The molecule has 1 aromatic carbocycles. The Morgan fingerprint density at radius 2 is 2.05 bits per heavy atom. The Morgan fingerprint density at radius 3 is 2.85 bits per heavy atom. The second-order valence-corrected chi connectivity index (χ2v) is 6.69. The third-order valence-electron chi connectivity index (χ3n) is 3.60. The molecule has 6 nitrogen and oxygen atoms in total. The van der Waals surface area contributed by atoms with Crippen molar-refractivity contribution in [2.45, 2.75) is 12.8 Å². The van der Waals surface area contributed by atoms with Crippen LogP contribution in [-0.2, 0) is 21.4 Å². The molecule has 0 unspecified atom stereocenters. The van der Waals surface area contributed by atoms with Gasteiger partial charge in [-0.3, -0.25) is 4.72 Å². The molecule has 1 aromatic rings. The third-order valence-corrected chi connectivity index (χ3v) is 5.14. The van der Waals surface area contributed by atoms with Gasteiger partial charge in [0.25, 0.3) is 0 Å². The molecule has 0 bridgehead atoms. The maximum atomic E-state index is 12.3. The predicted octanol–water partition coefficient (Wildman–Crippen LogP) is 1.03. The molecule has 110 valence electrons. The van der Waals surface area contributed by atoms with Crippen LogP contribution in [0.3, 0.4) is 0 Å². The van der Waals surface area contributed by atoms with Crippen LogP contribution in [0.25, 0.3) is 0 Å². The van der Waals surface area contributed by atoms with Gasteiger partial charge in [-0.2, -0.15) is 12.7 Å². The van der Waals surface area contributed by atoms with E-state index in [2.05, 4.69) is 10.0 Å². The van der Waals surface area contributed by atoms with Crippen LogP contribution in [0, 0.1) is 0 Å². The van der Waals surface area contributed by atoms with Crippen molar-refractivity contribution in [3.8, 4) is 0 Å². The zero-order chi connectivity index (χ0) is 14.0. The number of morpholine rings is 1. The van der Waals surface area contributed by atoms with Gasteiger partial charge in [0, 0.05) is 25.3 Å². The van der Waals surface area contributed by atoms with Crippen LogP contribution in [0.4, 0.5) is 11.4 Å². The summed E-state index contributed by atoms with van der Waals surface area (Å²) in [6.07, 6.45) is 2.06. The minimum Gasteiger partial charge on any atom is -0.385 e. The van der Waals surface area contributed by atoms with E-state index in [4.69, 9.17) is 4.74 Å². The average Bonchev–Trinajstić information content (AvgIpc) is 2.48. The number of nitrogens with zero attached hydrogens (tertiary/aromatic N) is 1. The summed E-state index contributed by atoms with van der Waals surface area (Å²) in [6, 6.07) is 5.65. The molecule has 0 spiro atoms. The summed E-state index contributed by atoms with van der Waals surface area (Å²) in [5, 5.41) is 3.31. The smallest absolute Gasteiger partial charge is 0.301 e. The first-order valence-corrected chi connectivity index (χ1v) is 8.32. The van der Waals surface area contributed by atoms with Gasteiger partial charge < -0.3 is 10.1 Å². The van der Waals surface area contributed by atoms with Gasteiger partial charge in [-0.25, -0.2) is 0 Å². The van der Waals surface area contributed by atoms with Crippen LogP contribution in [-0.4, -0.2) is 45.6 Å². The topological polar surface area (TPSA) is 70.7 Å². The van der Waals surface area contributed by atoms with Crippen molar-refractivity contribution in [3.63, 3.8) is 0 Å². The lowest BCUT2D eigenvalue weighted by atomic mass is 10.0. The molecule has 20 heavy (non-hydrogen) atoms. The number of fused-ring (bicyclic) bond motifs is 1. The lowest BCUT2D eigenvalue weighted by molar-refractivity contribution is 0.0733. The van der Waals surface area contributed by atoms with Crippen LogP contribution < -0.4 is 10.0 Å². The van der Waals surface area contributed by atoms with Gasteiger partial charge in [0.1, 0.15) is 0 Å². The first kappa shape index (κ1) is 13.7. The van der Waals surface area contributed by atoms with E-state index in [1.54, 1.807) is 6.07 Å². The number of rotatable bonds is 3. The first-order valence-electron chi connectivity index (χ1n) is 6.87. The van der Waals surface area contributed by atoms with E-state index < -0.39 is 10.2 Å². The number of benzene rings is 1. The van der Waals surface area contributed by atoms with Gasteiger partial charge in [0.05, 0.1) is 18.9 Å². The molecule has 7 heteroatoms. The molecule has 2 N–H and O–H groups in total. The number of anilines is 2. The van der Waals surface area contributed by atoms with E-state index in [1.807, 2.05) is 12.1 Å². The molecule has 0 aromatic heterocycles. The highest BCUT2D eigenvalue weighted by molar-refractivity contribution is 7.90. The maximum Gasteiger partial charge on any atom is 0.301 e. The Balaban J connectivity index is 1.76. The zero-order valence-corrected chi connectivity index (χ0v) is 12.1. The summed E-state index contributed by atoms with van der Waals surface area (Å²) >= 11 is 0. The number of hydrogen-bond acceptors (Lipinski definition) is 4. The summed E-state index contributed by atoms with van der Waals surface area (Å²) < 4.78 is 33.8. The van der Waals surface area contributed by atoms with Crippen LogP contribution in [0.15, 0.2) is 18.2 Å². The fraction of sp³-hybridized carbons (Fsp3) is 0.538. The summed E-state index contributed by atoms with van der Waals surface area (Å²) in [6.45, 7) is 2.69. The van der Waals surface area contributed by atoms with Crippen molar-refractivity contribution in [2.24, 2.45) is 0 Å². The van der Waals surface area contributed by atoms with E-state index in [0.717, 1.165) is 25.1 Å². The first-order chi connectivity index (χ1) is 9.65. The molecule has 2 aliphatic heterocycles. The van der Waals surface area contributed by atoms with E-state index in [-0.39, 0.29) is 0 Å². The lowest BCUT2D eigenvalue weighted by Gasteiger charge is -2.26. The minimum atomic E-state index is -3.48. The van der Waals surface area contributed by atoms with Gasteiger partial charge >= 0.3 is 10.2 Å². The Morgan fingerprint density at radius 1 is 1.25 bits per heavy atom. The Hall–Kier alpha value is -1.31. The standard InChI is InChI=1S/C13H19N3O3S/c17-20(18,16-6-8-19-9-7-16)15-12-3-4-13-11(10-12)2-1-5-14-13/h3-4,10,14-15H,1-2,5-9H2. The molecule has 2 aliphatic rings. The van der Waals surface area contributed by atoms with Gasteiger partial charge in [-0.15, -0.1) is 0 Å². The highest BCUT2D eigenvalue weighted by Crippen LogP contribution is 2.26. The Labute approximate surface area is 119 Å². The number of ether oxygens (including phenoxy) is 1. The van der Waals surface area contributed by atoms with Crippen molar-refractivity contribution < 1.29 is 13.2 Å². The molecule has 3 rings (SSSR count). The molecule has 0 radical (unpaired) electrons. The normalized spacial score (nSPS) is 20.0. The van der Waals surface area contributed by atoms with Crippen LogP contribution in [0.1, 0.15) is 12.0 Å². The molecule has 0 atom stereocenters. The quantitative estimate of drug-likeness (QED) is 0.874. The van der Waals surface area contributed by atoms with Crippen molar-refractivity contribution in [2.75, 3.05) is 42.9 Å². The Bertz CT molecular complexity index is 583. The second kappa shape index (κ2) is 5.59. The van der Waals surface area contributed by atoms with Crippen LogP contribution in [0.2, 0.25) is 0 Å². The lowest BCUT2D eigenvalue weighted by Crippen LogP contribution is -2.43. The van der Waals surface area contributed by atoms with Gasteiger partial charge in [-0.05, 0) is 36.6 Å². The predicted molar refractivity (Wildman–Crippen MR) is 78.2 cm³/mol. The van der Waals surface area contributed by atoms with E-state index >= 15 is 0 Å². The largest absolute Gasteiger partial charge is 0.385 e. The van der Waals surface area contributed by atoms with Crippen LogP contribution in [0.5, 0.6) is 0 Å². The molecule has 0 amide bonds. The zero-order valence-electron chi connectivity index (χ0n) is 11.3. The fourth-order valence-electron chi connectivity index (χ4n) is 2.54. The maximum absolute atomic E-state index is 12.3. The highest BCUT2D eigenvalue weighted by Gasteiger charge is 2.24. The van der Waals surface area contributed by atoms with Gasteiger partial charge in [0.15, 0.2) is 0 Å². The molecule has 1 saturated heterocycles. The van der Waals surface area contributed by atoms with Crippen molar-refractivity contribution in [3.05, 3.63) is 23.8 Å². The fourth-order valence-corrected chi connectivity index (χ4v) is 3.72. The third kappa shape index (κ3) is 2.89. The minimum absolute atomic E-state index is 0.405. The molecule has 2 heterocycles. The summed E-state index contributed by atoms with van der Waals surface area (Å²) in [5.41, 5.74) is 2.89. The molecular formula is C13H19N3O3S. The highest BCUT2D eigenvalue weighted by atomic mass is 32.2. The number of nitrogens with one attached hydrogen (secondary N) is 2. The summed E-state index contributed by atoms with van der Waals surface area (Å²) in [7, 11) is -3.48. The van der Waals surface area contributed by atoms with E-state index in [1.165, 1.54) is 9.87 Å². The van der Waals surface area contributed by atoms with Gasteiger partial charge in [-0.1, -0.05) is 0 Å². The summed E-state index contributed by atoms with van der Waals surface area (Å²) in [4.78, 5) is 0. The van der Waals surface area contributed by atoms with E-state index in [0.29, 0.717) is 32.0 Å². The number of hydrogen-bond donors (Lipinski definition) is 2. The van der Waals surface area contributed by atoms with Crippen molar-refractivity contribution in [1.29, 1.82) is 0 Å². The molecular weight excluding hydrogens is 278 g/mol. The number of aryl methyl sites for hydroxylation is 1. The summed E-state index contributed by atoms with van der Waals surface area (Å²) in [5.74, 6) is 0.